The summed E-state index contributed by atoms with van der Waals surface area (Å²) < 4.78 is 34.5. The van der Waals surface area contributed by atoms with E-state index in [-0.39, 0.29) is 18.2 Å². The molecule has 1 aromatic rings. The molecule has 0 aromatic heterocycles. The van der Waals surface area contributed by atoms with Crippen LogP contribution in [0, 0.1) is 5.92 Å². The zero-order valence-electron chi connectivity index (χ0n) is 18.6. The Kier molecular flexibility index (Phi) is 7.02. The van der Waals surface area contributed by atoms with Crippen LogP contribution in [0.2, 0.25) is 0 Å². The average molecular weight is 465 g/mol. The normalized spacial score (nSPS) is 23.9. The molecule has 0 saturated carbocycles. The molecule has 176 valence electrons. The number of methoxy groups -OCH3 is 1. The van der Waals surface area contributed by atoms with Crippen molar-refractivity contribution in [3.63, 3.8) is 0 Å². The van der Waals surface area contributed by atoms with Crippen LogP contribution in [-0.4, -0.2) is 86.7 Å². The van der Waals surface area contributed by atoms with Crippen LogP contribution < -0.4 is 9.64 Å². The van der Waals surface area contributed by atoms with Gasteiger partial charge in [-0.05, 0) is 25.0 Å². The zero-order chi connectivity index (χ0) is 22.7. The molecule has 3 aliphatic rings. The molecule has 0 bridgehead atoms. The third-order valence-corrected chi connectivity index (χ3v) is 8.65. The number of ether oxygens (including phenoxy) is 1. The van der Waals surface area contributed by atoms with Crippen molar-refractivity contribution in [2.45, 2.75) is 32.1 Å². The molecule has 3 fully saturated rings. The smallest absolute Gasteiger partial charge is 0.282 e. The number of rotatable bonds is 5. The minimum atomic E-state index is -3.49. The Balaban J connectivity index is 1.36. The first-order chi connectivity index (χ1) is 15.4. The fraction of sp³-hybridized carbons (Fsp3) is 0.636. The van der Waals surface area contributed by atoms with Crippen molar-refractivity contribution < 1.29 is 22.7 Å². The van der Waals surface area contributed by atoms with Gasteiger partial charge in [-0.1, -0.05) is 25.0 Å². The summed E-state index contributed by atoms with van der Waals surface area (Å²) in [5.41, 5.74) is 0.670. The molecule has 0 spiro atoms. The van der Waals surface area contributed by atoms with E-state index in [0.717, 1.165) is 25.7 Å². The van der Waals surface area contributed by atoms with Crippen molar-refractivity contribution in [3.05, 3.63) is 24.3 Å². The summed E-state index contributed by atoms with van der Waals surface area (Å²) in [7, 11) is -1.93. The fourth-order valence-electron chi connectivity index (χ4n) is 4.79. The molecule has 3 saturated heterocycles. The van der Waals surface area contributed by atoms with Gasteiger partial charge in [0.1, 0.15) is 5.75 Å². The van der Waals surface area contributed by atoms with Crippen LogP contribution in [0.4, 0.5) is 5.69 Å². The van der Waals surface area contributed by atoms with Gasteiger partial charge in [-0.25, -0.2) is 0 Å². The summed E-state index contributed by atoms with van der Waals surface area (Å²) in [6.07, 6.45) is 4.09. The highest BCUT2D eigenvalue weighted by molar-refractivity contribution is 7.86. The molecule has 3 heterocycles. The quantitative estimate of drug-likeness (QED) is 0.656. The third-order valence-electron chi connectivity index (χ3n) is 6.62. The molecule has 2 amide bonds. The number of para-hydroxylation sites is 2. The van der Waals surface area contributed by atoms with E-state index in [1.54, 1.807) is 27.3 Å². The number of hydrogen-bond acceptors (Lipinski definition) is 5. The highest BCUT2D eigenvalue weighted by Gasteiger charge is 2.40. The Morgan fingerprint density at radius 3 is 2.22 bits per heavy atom. The Hall–Kier alpha value is -2.17. The van der Waals surface area contributed by atoms with Gasteiger partial charge in [0.05, 0.1) is 18.7 Å². The van der Waals surface area contributed by atoms with Gasteiger partial charge in [0.25, 0.3) is 10.2 Å². The third kappa shape index (κ3) is 4.62. The topological polar surface area (TPSA) is 90.5 Å². The molecule has 9 nitrogen and oxygen atoms in total. The highest BCUT2D eigenvalue weighted by atomic mass is 32.2. The molecular weight excluding hydrogens is 432 g/mol. The standard InChI is InChI=1S/C22H32N4O5S/c1-31-20-9-5-4-8-19(20)26-17-18(16-21(26)27)22(28)23-12-14-25(15-13-23)32(29,30)24-10-6-2-3-7-11-24/h4-5,8-9,18H,2-3,6-7,10-17H2,1H3. The van der Waals surface area contributed by atoms with Gasteiger partial charge in [0, 0.05) is 52.2 Å². The summed E-state index contributed by atoms with van der Waals surface area (Å²) in [6, 6.07) is 7.28. The van der Waals surface area contributed by atoms with E-state index >= 15 is 0 Å². The van der Waals surface area contributed by atoms with Crippen molar-refractivity contribution in [1.82, 2.24) is 13.5 Å². The predicted molar refractivity (Wildman–Crippen MR) is 121 cm³/mol. The largest absolute Gasteiger partial charge is 0.495 e. The average Bonchev–Trinajstić information content (AvgIpc) is 3.01. The number of benzene rings is 1. The first kappa shape index (κ1) is 23.0. The van der Waals surface area contributed by atoms with Crippen molar-refractivity contribution >= 4 is 27.7 Å². The molecule has 4 rings (SSSR count). The minimum absolute atomic E-state index is 0.0810. The summed E-state index contributed by atoms with van der Waals surface area (Å²) in [6.45, 7) is 2.75. The maximum atomic E-state index is 13.1. The summed E-state index contributed by atoms with van der Waals surface area (Å²) in [5, 5.41) is 0. The first-order valence-corrected chi connectivity index (χ1v) is 12.8. The molecule has 10 heteroatoms. The first-order valence-electron chi connectivity index (χ1n) is 11.4. The van der Waals surface area contributed by atoms with Crippen LogP contribution in [0.15, 0.2) is 24.3 Å². The van der Waals surface area contributed by atoms with Gasteiger partial charge in [-0.2, -0.15) is 17.0 Å². The summed E-state index contributed by atoms with van der Waals surface area (Å²) in [4.78, 5) is 29.1. The molecule has 3 aliphatic heterocycles. The van der Waals surface area contributed by atoms with Gasteiger partial charge < -0.3 is 14.5 Å². The Bertz CT molecular complexity index is 937. The molecule has 1 atom stereocenters. The van der Waals surface area contributed by atoms with Gasteiger partial charge >= 0.3 is 0 Å². The number of nitrogens with zero attached hydrogens (tertiary/aromatic N) is 4. The van der Waals surface area contributed by atoms with Gasteiger partial charge in [0.2, 0.25) is 11.8 Å². The molecular formula is C22H32N4O5S. The van der Waals surface area contributed by atoms with E-state index in [1.165, 1.54) is 4.31 Å². The maximum Gasteiger partial charge on any atom is 0.282 e. The lowest BCUT2D eigenvalue weighted by atomic mass is 10.1. The minimum Gasteiger partial charge on any atom is -0.495 e. The predicted octanol–water partition coefficient (Wildman–Crippen LogP) is 1.31. The number of anilines is 1. The molecule has 0 aliphatic carbocycles. The van der Waals surface area contributed by atoms with Crippen LogP contribution in [0.1, 0.15) is 32.1 Å². The van der Waals surface area contributed by atoms with Gasteiger partial charge in [-0.15, -0.1) is 0 Å². The van der Waals surface area contributed by atoms with Crippen molar-refractivity contribution in [1.29, 1.82) is 0 Å². The van der Waals surface area contributed by atoms with E-state index in [2.05, 4.69) is 0 Å². The Morgan fingerprint density at radius 2 is 1.56 bits per heavy atom. The second-order valence-electron chi connectivity index (χ2n) is 8.62. The SMILES string of the molecule is COc1ccccc1N1CC(C(=O)N2CCN(S(=O)(=O)N3CCCCCC3)CC2)CC1=O. The maximum absolute atomic E-state index is 13.1. The van der Waals surface area contributed by atoms with Crippen LogP contribution in [0.5, 0.6) is 5.75 Å². The van der Waals surface area contributed by atoms with Crippen molar-refractivity contribution in [2.75, 3.05) is 57.8 Å². The second-order valence-corrected chi connectivity index (χ2v) is 10.6. The van der Waals surface area contributed by atoms with Gasteiger partial charge in [0.15, 0.2) is 0 Å². The van der Waals surface area contributed by atoms with Crippen molar-refractivity contribution in [2.24, 2.45) is 5.92 Å². The van der Waals surface area contributed by atoms with E-state index in [9.17, 15) is 18.0 Å². The number of hydrogen-bond donors (Lipinski definition) is 0. The lowest BCUT2D eigenvalue weighted by molar-refractivity contribution is -0.137. The van der Waals surface area contributed by atoms with E-state index in [1.807, 2.05) is 18.2 Å². The number of carbonyl (C=O) groups is 2. The fourth-order valence-corrected chi connectivity index (χ4v) is 6.46. The summed E-state index contributed by atoms with van der Waals surface area (Å²) >= 11 is 0. The van der Waals surface area contributed by atoms with Crippen LogP contribution in [0.25, 0.3) is 0 Å². The molecule has 0 N–H and O–H groups in total. The summed E-state index contributed by atoms with van der Waals surface area (Å²) in [5.74, 6) is -0.0137. The lowest BCUT2D eigenvalue weighted by Gasteiger charge is -2.37. The lowest BCUT2D eigenvalue weighted by Crippen LogP contribution is -2.55. The van der Waals surface area contributed by atoms with Crippen LogP contribution in [0.3, 0.4) is 0 Å². The Morgan fingerprint density at radius 1 is 0.938 bits per heavy atom. The number of carbonyl (C=O) groups excluding carboxylic acids is 2. The highest BCUT2D eigenvalue weighted by Crippen LogP contribution is 2.33. The van der Waals surface area contributed by atoms with E-state index < -0.39 is 16.1 Å². The van der Waals surface area contributed by atoms with Gasteiger partial charge in [-0.3, -0.25) is 9.59 Å². The molecule has 32 heavy (non-hydrogen) atoms. The molecule has 0 radical (unpaired) electrons. The molecule has 1 unspecified atom stereocenters. The number of amides is 2. The van der Waals surface area contributed by atoms with Crippen LogP contribution in [-0.2, 0) is 19.8 Å². The number of piperazine rings is 1. The zero-order valence-corrected chi connectivity index (χ0v) is 19.4. The monoisotopic (exact) mass is 464 g/mol. The van der Waals surface area contributed by atoms with Crippen molar-refractivity contribution in [3.8, 4) is 5.75 Å². The molecule has 1 aromatic carbocycles. The van der Waals surface area contributed by atoms with E-state index in [0.29, 0.717) is 57.3 Å². The van der Waals surface area contributed by atoms with Crippen LogP contribution >= 0.6 is 0 Å². The Labute approximate surface area is 190 Å². The second kappa shape index (κ2) is 9.76. The van der Waals surface area contributed by atoms with E-state index in [4.69, 9.17) is 4.74 Å².